The summed E-state index contributed by atoms with van der Waals surface area (Å²) in [6, 6.07) is 27.6. The lowest BCUT2D eigenvalue weighted by molar-refractivity contribution is -0.0881. The molecule has 0 fully saturated rings. The summed E-state index contributed by atoms with van der Waals surface area (Å²) in [5.74, 6) is -1.40. The fourth-order valence-electron chi connectivity index (χ4n) is 4.89. The number of methoxy groups -OCH3 is 1. The maximum absolute atomic E-state index is 14.5. The first kappa shape index (κ1) is 31.6. The van der Waals surface area contributed by atoms with Gasteiger partial charge in [-0.3, -0.25) is 9.36 Å². The van der Waals surface area contributed by atoms with Gasteiger partial charge in [-0.05, 0) is 80.5 Å². The van der Waals surface area contributed by atoms with E-state index in [-0.39, 0.29) is 35.3 Å². The van der Waals surface area contributed by atoms with Crippen LogP contribution in [0, 0.1) is 5.82 Å². The van der Waals surface area contributed by atoms with Crippen molar-refractivity contribution in [1.82, 2.24) is 0 Å². The summed E-state index contributed by atoms with van der Waals surface area (Å²) in [4.78, 5) is 27.0. The molecule has 0 bridgehead atoms. The van der Waals surface area contributed by atoms with E-state index in [9.17, 15) is 27.6 Å². The lowest BCUT2D eigenvalue weighted by Gasteiger charge is -2.33. The van der Waals surface area contributed by atoms with Gasteiger partial charge in [-0.2, -0.15) is 0 Å². The third kappa shape index (κ3) is 7.76. The average molecular weight is 609 g/mol. The van der Waals surface area contributed by atoms with Crippen molar-refractivity contribution in [2.24, 2.45) is 0 Å². The molecule has 0 radical (unpaired) electrons. The minimum Gasteiger partial charge on any atom is -0.465 e. The van der Waals surface area contributed by atoms with E-state index in [1.165, 1.54) is 43.5 Å². The Kier molecular flexibility index (Phi) is 10.5. The smallest absolute Gasteiger partial charge is 0.399 e. The second kappa shape index (κ2) is 14.2. The van der Waals surface area contributed by atoms with Crippen LogP contribution in [0.2, 0.25) is 0 Å². The number of ketones is 1. The molecule has 4 aromatic carbocycles. The highest BCUT2D eigenvalue weighted by Gasteiger charge is 2.40. The fraction of sp³-hybridized carbons (Fsp3) is 0.152. The minimum atomic E-state index is -4.60. The molecule has 0 heterocycles. The molecule has 0 aromatic heterocycles. The van der Waals surface area contributed by atoms with E-state index in [0.717, 1.165) is 5.56 Å². The summed E-state index contributed by atoms with van der Waals surface area (Å²) in [6.07, 6.45) is 3.39. The normalized spacial score (nSPS) is 13.0. The summed E-state index contributed by atoms with van der Waals surface area (Å²) >= 11 is 0. The van der Waals surface area contributed by atoms with Crippen LogP contribution in [0.3, 0.4) is 0 Å². The molecule has 0 saturated carbocycles. The van der Waals surface area contributed by atoms with Gasteiger partial charge >= 0.3 is 13.6 Å². The maximum atomic E-state index is 14.5. The number of hydrogen-bond donors (Lipinski definition) is 0. The summed E-state index contributed by atoms with van der Waals surface area (Å²) in [7, 11) is -3.34. The van der Waals surface area contributed by atoms with Crippen molar-refractivity contribution in [3.63, 3.8) is 0 Å². The largest absolute Gasteiger partial charge is 0.465 e. The van der Waals surface area contributed by atoms with Crippen LogP contribution in [0.4, 0.5) is 13.4 Å². The first-order valence-electron chi connectivity index (χ1n) is 13.2. The molecule has 222 valence electrons. The van der Waals surface area contributed by atoms with E-state index in [4.69, 9.17) is 4.74 Å². The second-order valence-corrected chi connectivity index (χ2v) is 11.7. The SMILES string of the molecule is COC(=O)c1cccc(C(CC=Cc2ccccc2)(Cc2ccc(CP(=O)(OF)OF)cc2)C(=O)c2ccc(F)cc2)c1. The van der Waals surface area contributed by atoms with Crippen molar-refractivity contribution in [1.29, 1.82) is 0 Å². The van der Waals surface area contributed by atoms with Crippen molar-refractivity contribution in [2.45, 2.75) is 24.4 Å². The predicted octanol–water partition coefficient (Wildman–Crippen LogP) is 8.57. The zero-order chi connectivity index (χ0) is 30.9. The van der Waals surface area contributed by atoms with Crippen LogP contribution in [-0.4, -0.2) is 18.9 Å². The summed E-state index contributed by atoms with van der Waals surface area (Å²) in [5, 5.41) is 0. The van der Waals surface area contributed by atoms with Crippen LogP contribution in [0.15, 0.2) is 109 Å². The standard InChI is InChI=1S/C33H28F3O6P/c1-40-32(38)28-10-5-11-29(21-28)33(20-6-9-24-7-3-2-4-8-24,31(37)27-16-18-30(34)19-17-27)22-25-12-14-26(15-13-25)23-43(39,41-35)42-36/h2-19,21H,20,22-23H2,1H3. The van der Waals surface area contributed by atoms with Gasteiger partial charge in [0, 0.05) is 5.56 Å². The van der Waals surface area contributed by atoms with Gasteiger partial charge in [0.05, 0.1) is 24.3 Å². The Hall–Kier alpha value is -4.30. The quantitative estimate of drug-likeness (QED) is 0.0860. The monoisotopic (exact) mass is 608 g/mol. The van der Waals surface area contributed by atoms with Crippen LogP contribution in [-0.2, 0) is 36.8 Å². The summed E-state index contributed by atoms with van der Waals surface area (Å²) < 4.78 is 62.3. The van der Waals surface area contributed by atoms with Gasteiger partial charge in [-0.25, -0.2) is 9.18 Å². The highest BCUT2D eigenvalue weighted by Crippen LogP contribution is 2.52. The molecule has 1 unspecified atom stereocenters. The molecule has 1 atom stereocenters. The second-order valence-electron chi connectivity index (χ2n) is 9.91. The van der Waals surface area contributed by atoms with Gasteiger partial charge in [0.2, 0.25) is 0 Å². The molecule has 43 heavy (non-hydrogen) atoms. The van der Waals surface area contributed by atoms with Gasteiger partial charge in [0.1, 0.15) is 5.82 Å². The molecule has 6 nitrogen and oxygen atoms in total. The number of carbonyl (C=O) groups excluding carboxylic acids is 2. The van der Waals surface area contributed by atoms with E-state index >= 15 is 0 Å². The predicted molar refractivity (Wildman–Crippen MR) is 156 cm³/mol. The Morgan fingerprint density at radius 1 is 0.814 bits per heavy atom. The van der Waals surface area contributed by atoms with Crippen molar-refractivity contribution >= 4 is 25.4 Å². The number of halogens is 3. The van der Waals surface area contributed by atoms with Gasteiger partial charge < -0.3 is 4.74 Å². The van der Waals surface area contributed by atoms with E-state index in [1.54, 1.807) is 36.4 Å². The van der Waals surface area contributed by atoms with Crippen molar-refractivity contribution in [2.75, 3.05) is 7.11 Å². The lowest BCUT2D eigenvalue weighted by atomic mass is 9.68. The zero-order valence-corrected chi connectivity index (χ0v) is 24.0. The van der Waals surface area contributed by atoms with Crippen molar-refractivity contribution in [3.8, 4) is 0 Å². The molecule has 0 N–H and O–H groups in total. The molecule has 4 aromatic rings. The van der Waals surface area contributed by atoms with Gasteiger partial charge in [0.15, 0.2) is 5.78 Å². The fourth-order valence-corrected chi connectivity index (χ4v) is 5.67. The van der Waals surface area contributed by atoms with Crippen molar-refractivity contribution in [3.05, 3.63) is 148 Å². The van der Waals surface area contributed by atoms with Crippen LogP contribution in [0.5, 0.6) is 0 Å². The number of Topliss-reactive ketones (excluding diaryl/α,β-unsaturated/α-hetero) is 1. The summed E-state index contributed by atoms with van der Waals surface area (Å²) in [5.41, 5.74) is 1.55. The lowest BCUT2D eigenvalue weighted by Crippen LogP contribution is -2.38. The maximum Gasteiger partial charge on any atom is 0.399 e. The molecule has 0 amide bonds. The molecule has 0 aliphatic carbocycles. The molecule has 0 spiro atoms. The molecular weight excluding hydrogens is 580 g/mol. The molecule has 4 rings (SSSR count). The van der Waals surface area contributed by atoms with Crippen LogP contribution in [0.1, 0.15) is 49.4 Å². The van der Waals surface area contributed by atoms with Gasteiger partial charge in [-0.15, -0.1) is 9.46 Å². The molecule has 0 aliphatic heterocycles. The number of benzene rings is 4. The first-order valence-corrected chi connectivity index (χ1v) is 14.9. The first-order chi connectivity index (χ1) is 20.7. The number of carbonyl (C=O) groups is 2. The minimum absolute atomic E-state index is 0.115. The topological polar surface area (TPSA) is 78.9 Å². The third-order valence-electron chi connectivity index (χ3n) is 7.07. The Bertz CT molecular complexity index is 1620. The number of hydrogen-bond acceptors (Lipinski definition) is 6. The number of esters is 1. The zero-order valence-electron chi connectivity index (χ0n) is 23.1. The molecule has 10 heteroatoms. The molecule has 0 aliphatic rings. The molecular formula is C33H28F3O6P. The Labute approximate surface area is 247 Å². The van der Waals surface area contributed by atoms with Gasteiger partial charge in [0.25, 0.3) is 0 Å². The van der Waals surface area contributed by atoms with Crippen LogP contribution in [0.25, 0.3) is 6.08 Å². The number of rotatable bonds is 13. The van der Waals surface area contributed by atoms with E-state index in [0.29, 0.717) is 11.1 Å². The number of ether oxygens (including phenoxy) is 1. The highest BCUT2D eigenvalue weighted by molar-refractivity contribution is 7.52. The van der Waals surface area contributed by atoms with Crippen LogP contribution >= 0.6 is 7.60 Å². The Morgan fingerprint density at radius 3 is 2.09 bits per heavy atom. The average Bonchev–Trinajstić information content (AvgIpc) is 3.05. The Morgan fingerprint density at radius 2 is 1.47 bits per heavy atom. The third-order valence-corrected chi connectivity index (χ3v) is 8.24. The molecule has 0 saturated heterocycles. The van der Waals surface area contributed by atoms with E-state index < -0.39 is 31.0 Å². The summed E-state index contributed by atoms with van der Waals surface area (Å²) in [6.45, 7) is 0. The highest BCUT2D eigenvalue weighted by atomic mass is 31.2. The Balaban J connectivity index is 1.84. The number of allylic oxidation sites excluding steroid dienone is 1. The van der Waals surface area contributed by atoms with Crippen LogP contribution < -0.4 is 0 Å². The van der Waals surface area contributed by atoms with E-state index in [1.807, 2.05) is 42.5 Å². The van der Waals surface area contributed by atoms with Gasteiger partial charge in [-0.1, -0.05) is 78.9 Å². The van der Waals surface area contributed by atoms with E-state index in [2.05, 4.69) is 9.46 Å². The van der Waals surface area contributed by atoms with Crippen molar-refractivity contribution < 1.29 is 41.8 Å².